The summed E-state index contributed by atoms with van der Waals surface area (Å²) in [4.78, 5) is 0. The highest BCUT2D eigenvalue weighted by Crippen LogP contribution is 2.33. The van der Waals surface area contributed by atoms with E-state index >= 15 is 0 Å². The van der Waals surface area contributed by atoms with Crippen molar-refractivity contribution < 1.29 is 4.39 Å². The predicted octanol–water partition coefficient (Wildman–Crippen LogP) is 3.19. The number of hydrogen-bond donors (Lipinski definition) is 1. The first-order valence-electron chi connectivity index (χ1n) is 6.21. The van der Waals surface area contributed by atoms with Crippen molar-refractivity contribution in [1.29, 1.82) is 0 Å². The van der Waals surface area contributed by atoms with E-state index in [0.29, 0.717) is 12.6 Å². The van der Waals surface area contributed by atoms with Crippen LogP contribution in [0.25, 0.3) is 0 Å². The zero-order valence-electron chi connectivity index (χ0n) is 9.03. The van der Waals surface area contributed by atoms with Gasteiger partial charge in [-0.15, -0.1) is 0 Å². The number of halogens is 1. The molecule has 0 aliphatic heterocycles. The van der Waals surface area contributed by atoms with Crippen LogP contribution in [-0.2, 0) is 0 Å². The van der Waals surface area contributed by atoms with Gasteiger partial charge in [0.1, 0.15) is 5.67 Å². The van der Waals surface area contributed by atoms with Gasteiger partial charge in [-0.1, -0.05) is 32.1 Å². The second-order valence-corrected chi connectivity index (χ2v) is 5.07. The van der Waals surface area contributed by atoms with Crippen molar-refractivity contribution in [1.82, 2.24) is 5.32 Å². The third kappa shape index (κ3) is 2.69. The summed E-state index contributed by atoms with van der Waals surface area (Å²) in [6.07, 6.45) is 10.3. The molecule has 2 aliphatic carbocycles. The van der Waals surface area contributed by atoms with Crippen molar-refractivity contribution in [2.45, 2.75) is 69.5 Å². The van der Waals surface area contributed by atoms with Crippen molar-refractivity contribution in [2.75, 3.05) is 6.54 Å². The van der Waals surface area contributed by atoms with Crippen LogP contribution in [0.3, 0.4) is 0 Å². The minimum atomic E-state index is -0.864. The lowest BCUT2D eigenvalue weighted by molar-refractivity contribution is 0.157. The van der Waals surface area contributed by atoms with Gasteiger partial charge in [0, 0.05) is 12.6 Å². The molecule has 0 unspecified atom stereocenters. The fraction of sp³-hybridized carbons (Fsp3) is 1.00. The molecule has 2 saturated carbocycles. The van der Waals surface area contributed by atoms with E-state index in [0.717, 1.165) is 25.7 Å². The molecule has 0 aromatic heterocycles. The quantitative estimate of drug-likeness (QED) is 0.736. The van der Waals surface area contributed by atoms with Gasteiger partial charge in [0.2, 0.25) is 0 Å². The fourth-order valence-electron chi connectivity index (χ4n) is 2.82. The molecule has 0 radical (unpaired) electrons. The van der Waals surface area contributed by atoms with E-state index in [-0.39, 0.29) is 0 Å². The fourth-order valence-corrected chi connectivity index (χ4v) is 2.82. The Morgan fingerprint density at radius 1 is 1.00 bits per heavy atom. The predicted molar refractivity (Wildman–Crippen MR) is 57.2 cm³/mol. The first kappa shape index (κ1) is 10.4. The standard InChI is InChI=1S/C12H22FN/c13-12(8-4-5-9-12)10-14-11-6-2-1-3-7-11/h11,14H,1-10H2. The molecule has 0 saturated heterocycles. The molecule has 1 nitrogen and oxygen atoms in total. The summed E-state index contributed by atoms with van der Waals surface area (Å²) in [6.45, 7) is 0.609. The Morgan fingerprint density at radius 2 is 1.64 bits per heavy atom. The topological polar surface area (TPSA) is 12.0 Å². The molecule has 2 heteroatoms. The van der Waals surface area contributed by atoms with Crippen LogP contribution in [0, 0.1) is 0 Å². The number of nitrogens with one attached hydrogen (secondary N) is 1. The van der Waals surface area contributed by atoms with Crippen LogP contribution in [-0.4, -0.2) is 18.3 Å². The molecule has 2 fully saturated rings. The average Bonchev–Trinajstić information content (AvgIpc) is 2.65. The van der Waals surface area contributed by atoms with Crippen molar-refractivity contribution in [2.24, 2.45) is 0 Å². The van der Waals surface area contributed by atoms with Gasteiger partial charge in [0.05, 0.1) is 0 Å². The molecule has 0 atom stereocenters. The summed E-state index contributed by atoms with van der Waals surface area (Å²) in [5, 5.41) is 3.43. The van der Waals surface area contributed by atoms with Gasteiger partial charge in [-0.25, -0.2) is 4.39 Å². The van der Waals surface area contributed by atoms with Crippen LogP contribution in [0.4, 0.5) is 4.39 Å². The van der Waals surface area contributed by atoms with Crippen LogP contribution in [0.15, 0.2) is 0 Å². The summed E-state index contributed by atoms with van der Waals surface area (Å²) in [7, 11) is 0. The first-order valence-corrected chi connectivity index (χ1v) is 6.21. The van der Waals surface area contributed by atoms with Crippen LogP contribution in [0.1, 0.15) is 57.8 Å². The summed E-state index contributed by atoms with van der Waals surface area (Å²) >= 11 is 0. The summed E-state index contributed by atoms with van der Waals surface area (Å²) in [6, 6.07) is 0.608. The summed E-state index contributed by atoms with van der Waals surface area (Å²) in [5.41, 5.74) is -0.864. The van der Waals surface area contributed by atoms with Gasteiger partial charge >= 0.3 is 0 Å². The Balaban J connectivity index is 1.70. The van der Waals surface area contributed by atoms with Gasteiger partial charge in [-0.05, 0) is 25.7 Å². The third-order valence-corrected chi connectivity index (χ3v) is 3.81. The van der Waals surface area contributed by atoms with Crippen LogP contribution >= 0.6 is 0 Å². The minimum Gasteiger partial charge on any atom is -0.311 e. The van der Waals surface area contributed by atoms with Crippen LogP contribution < -0.4 is 5.32 Å². The normalized spacial score (nSPS) is 28.1. The Hall–Kier alpha value is -0.110. The number of rotatable bonds is 3. The molecule has 1 N–H and O–H groups in total. The largest absolute Gasteiger partial charge is 0.311 e. The summed E-state index contributed by atoms with van der Waals surface area (Å²) in [5.74, 6) is 0. The van der Waals surface area contributed by atoms with Gasteiger partial charge in [-0.2, -0.15) is 0 Å². The van der Waals surface area contributed by atoms with Crippen molar-refractivity contribution >= 4 is 0 Å². The highest BCUT2D eigenvalue weighted by molar-refractivity contribution is 4.88. The Kier molecular flexibility index (Phi) is 3.42. The van der Waals surface area contributed by atoms with Crippen molar-refractivity contribution in [3.8, 4) is 0 Å². The molecule has 0 spiro atoms. The number of hydrogen-bond acceptors (Lipinski definition) is 1. The molecular weight excluding hydrogens is 177 g/mol. The molecule has 0 aromatic rings. The van der Waals surface area contributed by atoms with Crippen molar-refractivity contribution in [3.63, 3.8) is 0 Å². The van der Waals surface area contributed by atoms with Gasteiger partial charge in [0.15, 0.2) is 0 Å². The molecule has 14 heavy (non-hydrogen) atoms. The van der Waals surface area contributed by atoms with E-state index in [1.165, 1.54) is 32.1 Å². The molecule has 0 bridgehead atoms. The van der Waals surface area contributed by atoms with Crippen molar-refractivity contribution in [3.05, 3.63) is 0 Å². The zero-order chi connectivity index (χ0) is 9.86. The zero-order valence-corrected chi connectivity index (χ0v) is 9.03. The molecule has 2 rings (SSSR count). The first-order chi connectivity index (χ1) is 6.79. The van der Waals surface area contributed by atoms with Crippen LogP contribution in [0.5, 0.6) is 0 Å². The lowest BCUT2D eigenvalue weighted by Gasteiger charge is -2.27. The molecule has 0 heterocycles. The molecule has 82 valence electrons. The van der Waals surface area contributed by atoms with E-state index in [9.17, 15) is 4.39 Å². The minimum absolute atomic E-state index is 0.608. The molecule has 0 amide bonds. The Bertz CT molecular complexity index is 169. The average molecular weight is 199 g/mol. The number of alkyl halides is 1. The van der Waals surface area contributed by atoms with E-state index in [2.05, 4.69) is 5.32 Å². The van der Waals surface area contributed by atoms with Gasteiger partial charge in [-0.3, -0.25) is 0 Å². The summed E-state index contributed by atoms with van der Waals surface area (Å²) < 4.78 is 14.0. The van der Waals surface area contributed by atoms with E-state index in [4.69, 9.17) is 0 Å². The second kappa shape index (κ2) is 4.61. The lowest BCUT2D eigenvalue weighted by Crippen LogP contribution is -2.40. The third-order valence-electron chi connectivity index (χ3n) is 3.81. The van der Waals surface area contributed by atoms with Gasteiger partial charge < -0.3 is 5.32 Å². The Morgan fingerprint density at radius 3 is 2.29 bits per heavy atom. The monoisotopic (exact) mass is 199 g/mol. The molecule has 2 aliphatic rings. The van der Waals surface area contributed by atoms with E-state index in [1.54, 1.807) is 0 Å². The van der Waals surface area contributed by atoms with E-state index in [1.807, 2.05) is 0 Å². The Labute approximate surface area is 86.5 Å². The maximum Gasteiger partial charge on any atom is 0.123 e. The maximum atomic E-state index is 14.0. The van der Waals surface area contributed by atoms with E-state index < -0.39 is 5.67 Å². The highest BCUT2D eigenvalue weighted by atomic mass is 19.1. The van der Waals surface area contributed by atoms with Gasteiger partial charge in [0.25, 0.3) is 0 Å². The second-order valence-electron chi connectivity index (χ2n) is 5.07. The molecule has 0 aromatic carbocycles. The van der Waals surface area contributed by atoms with Crippen LogP contribution in [0.2, 0.25) is 0 Å². The molecular formula is C12H22FN. The SMILES string of the molecule is FC1(CNC2CCCCC2)CCCC1. The highest BCUT2D eigenvalue weighted by Gasteiger charge is 2.33. The smallest absolute Gasteiger partial charge is 0.123 e. The lowest BCUT2D eigenvalue weighted by atomic mass is 9.94. The maximum absolute atomic E-state index is 14.0.